The van der Waals surface area contributed by atoms with Gasteiger partial charge in [-0.15, -0.1) is 0 Å². The fourth-order valence-electron chi connectivity index (χ4n) is 2.56. The van der Waals surface area contributed by atoms with Gasteiger partial charge in [-0.05, 0) is 49.5 Å². The van der Waals surface area contributed by atoms with Crippen LogP contribution in [0, 0.1) is 0 Å². The molecule has 0 radical (unpaired) electrons. The zero-order valence-corrected chi connectivity index (χ0v) is 11.3. The molecule has 0 atom stereocenters. The molecule has 1 aromatic carbocycles. The molecule has 1 fully saturated rings. The number of nitrogens with one attached hydrogen (secondary N) is 1. The number of hydrogen-bond donors (Lipinski definition) is 1. The first-order chi connectivity index (χ1) is 8.34. The number of ether oxygens (including phenoxy) is 2. The normalized spacial score (nSPS) is 20.8. The molecular formula is C13H16BrNO2. The molecule has 1 saturated heterocycles. The molecule has 3 nitrogen and oxygen atoms in total. The van der Waals surface area contributed by atoms with Crippen molar-refractivity contribution in [1.82, 2.24) is 5.32 Å². The summed E-state index contributed by atoms with van der Waals surface area (Å²) >= 11 is 3.68. The van der Waals surface area contributed by atoms with Crippen LogP contribution in [0.4, 0.5) is 0 Å². The second-order valence-corrected chi connectivity index (χ2v) is 5.47. The Hall–Kier alpha value is -0.580. The quantitative estimate of drug-likeness (QED) is 0.865. The average Bonchev–Trinajstić information content (AvgIpc) is 2.39. The molecule has 17 heavy (non-hydrogen) atoms. The first kappa shape index (κ1) is 11.5. The molecule has 0 spiro atoms. The summed E-state index contributed by atoms with van der Waals surface area (Å²) in [6.07, 6.45) is 2.40. The summed E-state index contributed by atoms with van der Waals surface area (Å²) in [6, 6.07) is 4.34. The van der Waals surface area contributed by atoms with Crippen molar-refractivity contribution in [2.45, 2.75) is 25.4 Å². The van der Waals surface area contributed by atoms with Gasteiger partial charge in [-0.2, -0.15) is 0 Å². The molecule has 1 aromatic rings. The van der Waals surface area contributed by atoms with E-state index in [4.69, 9.17) is 9.47 Å². The van der Waals surface area contributed by atoms with Crippen LogP contribution in [0.15, 0.2) is 16.6 Å². The average molecular weight is 298 g/mol. The van der Waals surface area contributed by atoms with E-state index in [0.717, 1.165) is 24.4 Å². The zero-order chi connectivity index (χ0) is 11.7. The predicted molar refractivity (Wildman–Crippen MR) is 69.3 cm³/mol. The Morgan fingerprint density at radius 2 is 2.06 bits per heavy atom. The van der Waals surface area contributed by atoms with Crippen molar-refractivity contribution >= 4 is 15.9 Å². The van der Waals surface area contributed by atoms with Crippen LogP contribution in [0.5, 0.6) is 5.75 Å². The van der Waals surface area contributed by atoms with E-state index >= 15 is 0 Å². The van der Waals surface area contributed by atoms with Gasteiger partial charge in [-0.3, -0.25) is 0 Å². The third-order valence-electron chi connectivity index (χ3n) is 3.51. The van der Waals surface area contributed by atoms with Gasteiger partial charge >= 0.3 is 0 Å². The number of benzene rings is 1. The first-order valence-electron chi connectivity index (χ1n) is 6.08. The second-order valence-electron chi connectivity index (χ2n) is 4.62. The lowest BCUT2D eigenvalue weighted by molar-refractivity contribution is -0.0165. The molecule has 0 aliphatic carbocycles. The highest BCUT2D eigenvalue weighted by Crippen LogP contribution is 2.37. The molecule has 0 saturated carbocycles. The molecular weight excluding hydrogens is 282 g/mol. The SMILES string of the molecule is Brc1cc2c(cc1C1CCNCC1)OCOC2. The standard InChI is InChI=1S/C13H16BrNO2/c14-12-5-10-7-16-8-17-13(10)6-11(12)9-1-3-15-4-2-9/h5-6,9,15H,1-4,7-8H2. The van der Waals surface area contributed by atoms with E-state index in [0.29, 0.717) is 19.3 Å². The maximum absolute atomic E-state index is 5.55. The Labute approximate surface area is 110 Å². The maximum Gasteiger partial charge on any atom is 0.189 e. The summed E-state index contributed by atoms with van der Waals surface area (Å²) in [5, 5.41) is 3.40. The molecule has 4 heteroatoms. The number of hydrogen-bond acceptors (Lipinski definition) is 3. The first-order valence-corrected chi connectivity index (χ1v) is 6.87. The summed E-state index contributed by atoms with van der Waals surface area (Å²) < 4.78 is 12.0. The number of rotatable bonds is 1. The molecule has 0 amide bonds. The molecule has 0 unspecified atom stereocenters. The summed E-state index contributed by atoms with van der Waals surface area (Å²) in [7, 11) is 0. The minimum Gasteiger partial charge on any atom is -0.467 e. The van der Waals surface area contributed by atoms with E-state index < -0.39 is 0 Å². The molecule has 2 aliphatic rings. The summed E-state index contributed by atoms with van der Waals surface area (Å²) in [5.74, 6) is 1.63. The lowest BCUT2D eigenvalue weighted by Crippen LogP contribution is -2.27. The van der Waals surface area contributed by atoms with Crippen LogP contribution in [0.1, 0.15) is 29.9 Å². The van der Waals surface area contributed by atoms with Gasteiger partial charge in [0.15, 0.2) is 6.79 Å². The van der Waals surface area contributed by atoms with Crippen molar-refractivity contribution in [2.24, 2.45) is 0 Å². The number of piperidine rings is 1. The smallest absolute Gasteiger partial charge is 0.189 e. The van der Waals surface area contributed by atoms with Crippen molar-refractivity contribution < 1.29 is 9.47 Å². The van der Waals surface area contributed by atoms with Crippen LogP contribution in [-0.2, 0) is 11.3 Å². The van der Waals surface area contributed by atoms with Gasteiger partial charge in [0.05, 0.1) is 6.61 Å². The van der Waals surface area contributed by atoms with Crippen LogP contribution in [0.2, 0.25) is 0 Å². The van der Waals surface area contributed by atoms with Crippen molar-refractivity contribution in [3.05, 3.63) is 27.7 Å². The summed E-state index contributed by atoms with van der Waals surface area (Å²) in [6.45, 7) is 3.25. The van der Waals surface area contributed by atoms with E-state index in [9.17, 15) is 0 Å². The largest absolute Gasteiger partial charge is 0.467 e. The van der Waals surface area contributed by atoms with Crippen molar-refractivity contribution in [3.8, 4) is 5.75 Å². The molecule has 0 bridgehead atoms. The van der Waals surface area contributed by atoms with Gasteiger partial charge in [-0.25, -0.2) is 0 Å². The molecule has 92 valence electrons. The number of halogens is 1. The summed E-state index contributed by atoms with van der Waals surface area (Å²) in [4.78, 5) is 0. The highest BCUT2D eigenvalue weighted by molar-refractivity contribution is 9.10. The van der Waals surface area contributed by atoms with Gasteiger partial charge in [0, 0.05) is 10.0 Å². The lowest BCUT2D eigenvalue weighted by Gasteiger charge is -2.26. The Kier molecular flexibility index (Phi) is 3.36. The van der Waals surface area contributed by atoms with E-state index in [-0.39, 0.29) is 0 Å². The van der Waals surface area contributed by atoms with Gasteiger partial charge in [0.25, 0.3) is 0 Å². The van der Waals surface area contributed by atoms with Crippen LogP contribution in [0.25, 0.3) is 0 Å². The highest BCUT2D eigenvalue weighted by atomic mass is 79.9. The fraction of sp³-hybridized carbons (Fsp3) is 0.538. The van der Waals surface area contributed by atoms with Crippen molar-refractivity contribution in [1.29, 1.82) is 0 Å². The topological polar surface area (TPSA) is 30.5 Å². The van der Waals surface area contributed by atoms with Crippen molar-refractivity contribution in [3.63, 3.8) is 0 Å². The molecule has 2 aliphatic heterocycles. The predicted octanol–water partition coefficient (Wildman–Crippen LogP) is 2.78. The molecule has 2 heterocycles. The van der Waals surface area contributed by atoms with E-state index in [2.05, 4.69) is 33.4 Å². The van der Waals surface area contributed by atoms with Crippen LogP contribution >= 0.6 is 15.9 Å². The van der Waals surface area contributed by atoms with Gasteiger partial charge in [-0.1, -0.05) is 15.9 Å². The van der Waals surface area contributed by atoms with Crippen LogP contribution in [0.3, 0.4) is 0 Å². The Balaban J connectivity index is 1.93. The second kappa shape index (κ2) is 4.96. The maximum atomic E-state index is 5.55. The molecule has 1 N–H and O–H groups in total. The zero-order valence-electron chi connectivity index (χ0n) is 9.67. The molecule has 3 rings (SSSR count). The van der Waals surface area contributed by atoms with Gasteiger partial charge in [0.2, 0.25) is 0 Å². The fourth-order valence-corrected chi connectivity index (χ4v) is 3.27. The van der Waals surface area contributed by atoms with Crippen LogP contribution in [-0.4, -0.2) is 19.9 Å². The van der Waals surface area contributed by atoms with E-state index in [1.165, 1.54) is 22.9 Å². The Morgan fingerprint density at radius 3 is 2.88 bits per heavy atom. The third kappa shape index (κ3) is 2.34. The Morgan fingerprint density at radius 1 is 1.24 bits per heavy atom. The summed E-state index contributed by atoms with van der Waals surface area (Å²) in [5.41, 5.74) is 2.52. The van der Waals surface area contributed by atoms with Crippen LogP contribution < -0.4 is 10.1 Å². The van der Waals surface area contributed by atoms with Gasteiger partial charge < -0.3 is 14.8 Å². The minimum atomic E-state index is 0.375. The minimum absolute atomic E-state index is 0.375. The van der Waals surface area contributed by atoms with Crippen molar-refractivity contribution in [2.75, 3.05) is 19.9 Å². The highest BCUT2D eigenvalue weighted by Gasteiger charge is 2.21. The van der Waals surface area contributed by atoms with Gasteiger partial charge in [0.1, 0.15) is 5.75 Å². The lowest BCUT2D eigenvalue weighted by atomic mass is 9.89. The van der Waals surface area contributed by atoms with E-state index in [1.54, 1.807) is 0 Å². The van der Waals surface area contributed by atoms with E-state index in [1.807, 2.05) is 0 Å². The molecule has 0 aromatic heterocycles. The monoisotopic (exact) mass is 297 g/mol. The third-order valence-corrected chi connectivity index (χ3v) is 4.20. The number of fused-ring (bicyclic) bond motifs is 1. The Bertz CT molecular complexity index is 416.